The molecule has 1 aromatic rings. The second kappa shape index (κ2) is 5.39. The quantitative estimate of drug-likeness (QED) is 0.744. The van der Waals surface area contributed by atoms with Crippen LogP contribution in [0.3, 0.4) is 0 Å². The highest BCUT2D eigenvalue weighted by Crippen LogP contribution is 2.08. The Morgan fingerprint density at radius 1 is 1.57 bits per heavy atom. The molecule has 0 atom stereocenters. The molecule has 1 rings (SSSR count). The van der Waals surface area contributed by atoms with Gasteiger partial charge in [0.15, 0.2) is 0 Å². The lowest BCUT2D eigenvalue weighted by atomic mass is 10.3. The second-order valence-electron chi connectivity index (χ2n) is 2.61. The van der Waals surface area contributed by atoms with E-state index in [1.165, 1.54) is 18.4 Å². The Bertz CT molecular complexity index is 308. The van der Waals surface area contributed by atoms with Crippen molar-refractivity contribution >= 4 is 23.2 Å². The molecule has 14 heavy (non-hydrogen) atoms. The molecule has 1 amide bonds. The Morgan fingerprint density at radius 3 is 2.93 bits per heavy atom. The first-order valence-corrected chi connectivity index (χ1v) is 4.96. The van der Waals surface area contributed by atoms with Gasteiger partial charge >= 0.3 is 5.97 Å². The molecule has 4 nitrogen and oxygen atoms in total. The van der Waals surface area contributed by atoms with Gasteiger partial charge in [-0.15, -0.1) is 11.3 Å². The molecule has 0 saturated carbocycles. The molecule has 1 aromatic heterocycles. The molecule has 0 spiro atoms. The normalized spacial score (nSPS) is 9.50. The summed E-state index contributed by atoms with van der Waals surface area (Å²) in [5, 5.41) is 4.37. The topological polar surface area (TPSA) is 55.4 Å². The molecule has 76 valence electrons. The van der Waals surface area contributed by atoms with Crippen LogP contribution in [0.15, 0.2) is 17.5 Å². The van der Waals surface area contributed by atoms with Crippen LogP contribution in [0.2, 0.25) is 0 Å². The van der Waals surface area contributed by atoms with E-state index in [-0.39, 0.29) is 12.5 Å². The Morgan fingerprint density at radius 2 is 2.36 bits per heavy atom. The van der Waals surface area contributed by atoms with Gasteiger partial charge in [0, 0.05) is 4.88 Å². The maximum absolute atomic E-state index is 11.2. The minimum absolute atomic E-state index is 0.0687. The summed E-state index contributed by atoms with van der Waals surface area (Å²) < 4.78 is 4.38. The average molecular weight is 213 g/mol. The lowest BCUT2D eigenvalue weighted by molar-refractivity contribution is -0.141. The molecule has 0 aromatic carbocycles. The highest BCUT2D eigenvalue weighted by Gasteiger charge is 2.06. The summed E-state index contributed by atoms with van der Waals surface area (Å²) >= 11 is 1.51. The van der Waals surface area contributed by atoms with Crippen molar-refractivity contribution in [3.05, 3.63) is 22.4 Å². The first-order valence-electron chi connectivity index (χ1n) is 4.08. The zero-order valence-corrected chi connectivity index (χ0v) is 8.60. The van der Waals surface area contributed by atoms with Crippen molar-refractivity contribution in [2.45, 2.75) is 6.42 Å². The maximum atomic E-state index is 11.2. The standard InChI is InChI=1S/C9H11NO3S/c1-13-9(12)6-10-8(11)5-7-3-2-4-14-7/h2-4H,5-6H2,1H3,(H,10,11). The van der Waals surface area contributed by atoms with Gasteiger partial charge in [-0.2, -0.15) is 0 Å². The van der Waals surface area contributed by atoms with Crippen molar-refractivity contribution in [1.82, 2.24) is 5.32 Å². The van der Waals surface area contributed by atoms with Gasteiger partial charge in [0.1, 0.15) is 6.54 Å². The van der Waals surface area contributed by atoms with E-state index >= 15 is 0 Å². The number of amides is 1. The Labute approximate surface area is 85.9 Å². The molecule has 1 heterocycles. The molecule has 0 saturated heterocycles. The summed E-state index contributed by atoms with van der Waals surface area (Å²) in [6, 6.07) is 3.76. The molecule has 0 radical (unpaired) electrons. The number of thiophene rings is 1. The molecule has 1 N–H and O–H groups in total. The molecular formula is C9H11NO3S. The summed E-state index contributed by atoms with van der Waals surface area (Å²) in [6.45, 7) is -0.0687. The van der Waals surface area contributed by atoms with Crippen LogP contribution in [0.1, 0.15) is 4.88 Å². The van der Waals surface area contributed by atoms with Crippen molar-refractivity contribution in [2.24, 2.45) is 0 Å². The van der Waals surface area contributed by atoms with Crippen LogP contribution in [-0.2, 0) is 20.7 Å². The highest BCUT2D eigenvalue weighted by atomic mass is 32.1. The van der Waals surface area contributed by atoms with Gasteiger partial charge in [-0.25, -0.2) is 0 Å². The Hall–Kier alpha value is -1.36. The maximum Gasteiger partial charge on any atom is 0.325 e. The summed E-state index contributed by atoms with van der Waals surface area (Å²) in [4.78, 5) is 22.9. The van der Waals surface area contributed by atoms with Gasteiger partial charge in [-0.05, 0) is 11.4 Å². The average Bonchev–Trinajstić information content (AvgIpc) is 2.66. The minimum atomic E-state index is -0.440. The number of carbonyl (C=O) groups is 2. The zero-order chi connectivity index (χ0) is 10.4. The number of rotatable bonds is 4. The van der Waals surface area contributed by atoms with Crippen molar-refractivity contribution in [3.8, 4) is 0 Å². The highest BCUT2D eigenvalue weighted by molar-refractivity contribution is 7.10. The minimum Gasteiger partial charge on any atom is -0.468 e. The van der Waals surface area contributed by atoms with Crippen LogP contribution < -0.4 is 5.32 Å². The molecule has 0 fully saturated rings. The summed E-state index contributed by atoms with van der Waals surface area (Å²) in [5.74, 6) is -0.609. The largest absolute Gasteiger partial charge is 0.468 e. The van der Waals surface area contributed by atoms with Gasteiger partial charge in [0.2, 0.25) is 5.91 Å². The van der Waals surface area contributed by atoms with E-state index in [9.17, 15) is 9.59 Å². The van der Waals surface area contributed by atoms with Crippen molar-refractivity contribution in [2.75, 3.05) is 13.7 Å². The van der Waals surface area contributed by atoms with Crippen molar-refractivity contribution in [3.63, 3.8) is 0 Å². The van der Waals surface area contributed by atoms with Crippen LogP contribution in [0.4, 0.5) is 0 Å². The fourth-order valence-corrected chi connectivity index (χ4v) is 1.58. The number of esters is 1. The van der Waals surface area contributed by atoms with Crippen LogP contribution in [0.5, 0.6) is 0 Å². The lowest BCUT2D eigenvalue weighted by Gasteiger charge is -2.01. The summed E-state index contributed by atoms with van der Waals surface area (Å²) in [7, 11) is 1.29. The van der Waals surface area contributed by atoms with Crippen LogP contribution >= 0.6 is 11.3 Å². The molecule has 0 unspecified atom stereocenters. The van der Waals surface area contributed by atoms with E-state index in [4.69, 9.17) is 0 Å². The van der Waals surface area contributed by atoms with E-state index in [1.807, 2.05) is 17.5 Å². The second-order valence-corrected chi connectivity index (χ2v) is 3.64. The van der Waals surface area contributed by atoms with Crippen molar-refractivity contribution < 1.29 is 14.3 Å². The number of nitrogens with one attached hydrogen (secondary N) is 1. The molecule has 0 bridgehead atoms. The number of methoxy groups -OCH3 is 1. The van der Waals surface area contributed by atoms with Crippen LogP contribution in [0.25, 0.3) is 0 Å². The number of hydrogen-bond donors (Lipinski definition) is 1. The number of ether oxygens (including phenoxy) is 1. The monoisotopic (exact) mass is 213 g/mol. The van der Waals surface area contributed by atoms with E-state index < -0.39 is 5.97 Å². The molecule has 0 aliphatic carbocycles. The summed E-state index contributed by atoms with van der Waals surface area (Å²) in [5.41, 5.74) is 0. The fourth-order valence-electron chi connectivity index (χ4n) is 0.877. The zero-order valence-electron chi connectivity index (χ0n) is 7.78. The van der Waals surface area contributed by atoms with Gasteiger partial charge in [-0.3, -0.25) is 9.59 Å². The van der Waals surface area contributed by atoms with E-state index in [1.54, 1.807) is 0 Å². The first-order chi connectivity index (χ1) is 6.72. The predicted molar refractivity (Wildman–Crippen MR) is 53.0 cm³/mol. The lowest BCUT2D eigenvalue weighted by Crippen LogP contribution is -2.31. The Kier molecular flexibility index (Phi) is 4.12. The third-order valence-electron chi connectivity index (χ3n) is 1.57. The SMILES string of the molecule is COC(=O)CNC(=O)Cc1cccs1. The first kappa shape index (κ1) is 10.7. The van der Waals surface area contributed by atoms with E-state index in [0.29, 0.717) is 6.42 Å². The third-order valence-corrected chi connectivity index (χ3v) is 2.45. The Balaban J connectivity index is 2.26. The predicted octanol–water partition coefficient (Wildman–Crippen LogP) is 0.580. The van der Waals surface area contributed by atoms with E-state index in [0.717, 1.165) is 4.88 Å². The van der Waals surface area contributed by atoms with E-state index in [2.05, 4.69) is 10.1 Å². The molecular weight excluding hydrogens is 202 g/mol. The van der Waals surface area contributed by atoms with Gasteiger partial charge in [-0.1, -0.05) is 6.07 Å². The number of carbonyl (C=O) groups excluding carboxylic acids is 2. The van der Waals surface area contributed by atoms with Gasteiger partial charge in [0.05, 0.1) is 13.5 Å². The number of hydrogen-bond acceptors (Lipinski definition) is 4. The molecule has 5 heteroatoms. The fraction of sp³-hybridized carbons (Fsp3) is 0.333. The van der Waals surface area contributed by atoms with Gasteiger partial charge in [0.25, 0.3) is 0 Å². The van der Waals surface area contributed by atoms with Crippen LogP contribution in [-0.4, -0.2) is 25.5 Å². The summed E-state index contributed by atoms with van der Waals surface area (Å²) in [6.07, 6.45) is 0.314. The third kappa shape index (κ3) is 3.57. The van der Waals surface area contributed by atoms with Crippen LogP contribution in [0, 0.1) is 0 Å². The van der Waals surface area contributed by atoms with Gasteiger partial charge < -0.3 is 10.1 Å². The molecule has 0 aliphatic heterocycles. The smallest absolute Gasteiger partial charge is 0.325 e. The van der Waals surface area contributed by atoms with Crippen molar-refractivity contribution in [1.29, 1.82) is 0 Å². The molecule has 0 aliphatic rings.